The van der Waals surface area contributed by atoms with Crippen molar-refractivity contribution in [1.82, 2.24) is 0 Å². The van der Waals surface area contributed by atoms with Gasteiger partial charge >= 0.3 is 11.9 Å². The predicted octanol–water partition coefficient (Wildman–Crippen LogP) is 0.643. The number of aliphatic carboxylic acids is 2. The molecule has 0 heterocycles. The van der Waals surface area contributed by atoms with Crippen molar-refractivity contribution >= 4 is 17.6 Å². The van der Waals surface area contributed by atoms with Gasteiger partial charge in [-0.3, -0.25) is 9.59 Å². The summed E-state index contributed by atoms with van der Waals surface area (Å²) in [6.07, 6.45) is 5.19. The van der Waals surface area contributed by atoms with Crippen molar-refractivity contribution in [3.05, 3.63) is 29.8 Å². The quantitative estimate of drug-likeness (QED) is 0.730. The Balaban J connectivity index is 2.91. The van der Waals surface area contributed by atoms with Crippen LogP contribution in [-0.2, 0) is 9.59 Å². The molecule has 0 amide bonds. The van der Waals surface area contributed by atoms with Crippen LogP contribution < -0.4 is 4.90 Å². The molecule has 2 N–H and O–H groups in total. The first-order valence-corrected chi connectivity index (χ1v) is 4.78. The van der Waals surface area contributed by atoms with Gasteiger partial charge < -0.3 is 15.1 Å². The van der Waals surface area contributed by atoms with E-state index in [2.05, 4.69) is 5.92 Å². The largest absolute Gasteiger partial charge is 0.480 e. The van der Waals surface area contributed by atoms with Crippen molar-refractivity contribution in [3.63, 3.8) is 0 Å². The molecule has 0 unspecified atom stereocenters. The first kappa shape index (κ1) is 12.6. The summed E-state index contributed by atoms with van der Waals surface area (Å²) in [7, 11) is 0. The molecule has 0 aliphatic carbocycles. The monoisotopic (exact) mass is 233 g/mol. The van der Waals surface area contributed by atoms with Crippen LogP contribution in [0.5, 0.6) is 0 Å². The lowest BCUT2D eigenvalue weighted by Crippen LogP contribution is -2.34. The van der Waals surface area contributed by atoms with Crippen LogP contribution in [0.1, 0.15) is 5.56 Å². The van der Waals surface area contributed by atoms with E-state index in [0.29, 0.717) is 11.3 Å². The Hall–Kier alpha value is -2.48. The first-order valence-electron chi connectivity index (χ1n) is 4.78. The molecule has 0 aromatic heterocycles. The van der Waals surface area contributed by atoms with E-state index in [1.54, 1.807) is 24.3 Å². The third kappa shape index (κ3) is 3.87. The van der Waals surface area contributed by atoms with Gasteiger partial charge in [0.15, 0.2) is 0 Å². The molecule has 0 saturated carbocycles. The molecule has 0 aliphatic heterocycles. The maximum absolute atomic E-state index is 10.6. The summed E-state index contributed by atoms with van der Waals surface area (Å²) < 4.78 is 0. The molecule has 0 radical (unpaired) electrons. The molecule has 0 bridgehead atoms. The van der Waals surface area contributed by atoms with Crippen LogP contribution in [0.3, 0.4) is 0 Å². The summed E-state index contributed by atoms with van der Waals surface area (Å²) in [4.78, 5) is 22.5. The SMILES string of the molecule is C#Cc1ccc(N(CC(=O)O)CC(=O)O)cc1. The lowest BCUT2D eigenvalue weighted by molar-refractivity contribution is -0.136. The average Bonchev–Trinajstić information content (AvgIpc) is 2.27. The Morgan fingerprint density at radius 2 is 1.59 bits per heavy atom. The summed E-state index contributed by atoms with van der Waals surface area (Å²) in [6, 6.07) is 6.46. The highest BCUT2D eigenvalue weighted by molar-refractivity contribution is 5.79. The Bertz CT molecular complexity index is 442. The number of hydrogen-bond donors (Lipinski definition) is 2. The molecule has 0 aliphatic rings. The summed E-state index contributed by atoms with van der Waals surface area (Å²) in [6.45, 7) is -0.747. The van der Waals surface area contributed by atoms with Crippen LogP contribution in [0.15, 0.2) is 24.3 Å². The summed E-state index contributed by atoms with van der Waals surface area (Å²) >= 11 is 0. The van der Waals surface area contributed by atoms with Gasteiger partial charge in [-0.15, -0.1) is 6.42 Å². The first-order chi connectivity index (χ1) is 8.02. The topological polar surface area (TPSA) is 77.8 Å². The molecular weight excluding hydrogens is 222 g/mol. The lowest BCUT2D eigenvalue weighted by atomic mass is 10.2. The van der Waals surface area contributed by atoms with Crippen LogP contribution in [0.4, 0.5) is 5.69 Å². The zero-order valence-electron chi connectivity index (χ0n) is 8.96. The fourth-order valence-electron chi connectivity index (χ4n) is 1.33. The maximum atomic E-state index is 10.6. The smallest absolute Gasteiger partial charge is 0.323 e. The molecule has 17 heavy (non-hydrogen) atoms. The van der Waals surface area contributed by atoms with Crippen molar-refractivity contribution in [1.29, 1.82) is 0 Å². The standard InChI is InChI=1S/C12H11NO4/c1-2-9-3-5-10(6-4-9)13(7-11(14)15)8-12(16)17/h1,3-6H,7-8H2,(H,14,15)(H,16,17). The normalized spacial score (nSPS) is 9.35. The third-order valence-corrected chi connectivity index (χ3v) is 2.05. The Labute approximate surface area is 98.3 Å². The Morgan fingerprint density at radius 3 is 1.94 bits per heavy atom. The lowest BCUT2D eigenvalue weighted by Gasteiger charge is -2.20. The summed E-state index contributed by atoms with van der Waals surface area (Å²) in [5.41, 5.74) is 1.16. The van der Waals surface area contributed by atoms with Crippen molar-refractivity contribution in [2.75, 3.05) is 18.0 Å². The zero-order chi connectivity index (χ0) is 12.8. The van der Waals surface area contributed by atoms with E-state index in [9.17, 15) is 9.59 Å². The fourth-order valence-corrected chi connectivity index (χ4v) is 1.33. The zero-order valence-corrected chi connectivity index (χ0v) is 8.96. The van der Waals surface area contributed by atoms with Crippen LogP contribution in [0.25, 0.3) is 0 Å². The van der Waals surface area contributed by atoms with E-state index in [4.69, 9.17) is 16.6 Å². The predicted molar refractivity (Wildman–Crippen MR) is 61.9 cm³/mol. The number of nitrogens with zero attached hydrogens (tertiary/aromatic N) is 1. The number of anilines is 1. The van der Waals surface area contributed by atoms with Crippen LogP contribution in [-0.4, -0.2) is 35.2 Å². The van der Waals surface area contributed by atoms with Gasteiger partial charge in [0.2, 0.25) is 0 Å². The second kappa shape index (κ2) is 5.56. The molecule has 0 saturated heterocycles. The number of terminal acetylenes is 1. The number of carbonyl (C=O) groups is 2. The summed E-state index contributed by atoms with van der Waals surface area (Å²) in [5.74, 6) is 0.243. The van der Waals surface area contributed by atoms with Crippen LogP contribution in [0.2, 0.25) is 0 Å². The number of hydrogen-bond acceptors (Lipinski definition) is 3. The van der Waals surface area contributed by atoms with Crippen molar-refractivity contribution < 1.29 is 19.8 Å². The van der Waals surface area contributed by atoms with Crippen molar-refractivity contribution in [2.24, 2.45) is 0 Å². The minimum atomic E-state index is -1.09. The molecule has 5 heteroatoms. The van der Waals surface area contributed by atoms with E-state index in [1.807, 2.05) is 0 Å². The second-order valence-electron chi connectivity index (χ2n) is 3.33. The molecular formula is C12H11NO4. The molecule has 88 valence electrons. The average molecular weight is 233 g/mol. The van der Waals surface area contributed by atoms with E-state index < -0.39 is 11.9 Å². The number of rotatable bonds is 5. The molecule has 0 fully saturated rings. The van der Waals surface area contributed by atoms with Gasteiger partial charge in [-0.05, 0) is 24.3 Å². The molecule has 0 spiro atoms. The van der Waals surface area contributed by atoms with E-state index in [1.165, 1.54) is 4.90 Å². The van der Waals surface area contributed by atoms with Gasteiger partial charge in [-0.2, -0.15) is 0 Å². The van der Waals surface area contributed by atoms with Gasteiger partial charge in [0.25, 0.3) is 0 Å². The number of carboxylic acids is 2. The van der Waals surface area contributed by atoms with Gasteiger partial charge in [0.1, 0.15) is 13.1 Å². The molecule has 5 nitrogen and oxygen atoms in total. The second-order valence-corrected chi connectivity index (χ2v) is 3.33. The van der Waals surface area contributed by atoms with E-state index in [0.717, 1.165) is 0 Å². The highest BCUT2D eigenvalue weighted by Crippen LogP contribution is 2.14. The Morgan fingerprint density at radius 1 is 1.12 bits per heavy atom. The molecule has 1 rings (SSSR count). The molecule has 0 atom stereocenters. The molecule has 1 aromatic carbocycles. The van der Waals surface area contributed by atoms with E-state index >= 15 is 0 Å². The van der Waals surface area contributed by atoms with Crippen molar-refractivity contribution in [3.8, 4) is 12.3 Å². The van der Waals surface area contributed by atoms with Crippen LogP contribution in [0, 0.1) is 12.3 Å². The minimum Gasteiger partial charge on any atom is -0.480 e. The minimum absolute atomic E-state index is 0.373. The molecule has 1 aromatic rings. The van der Waals surface area contributed by atoms with Crippen molar-refractivity contribution in [2.45, 2.75) is 0 Å². The Kier molecular flexibility index (Phi) is 4.12. The van der Waals surface area contributed by atoms with Gasteiger partial charge in [-0.1, -0.05) is 5.92 Å². The number of carboxylic acid groups (broad SMARTS) is 2. The maximum Gasteiger partial charge on any atom is 0.323 e. The number of benzene rings is 1. The van der Waals surface area contributed by atoms with E-state index in [-0.39, 0.29) is 13.1 Å². The van der Waals surface area contributed by atoms with Gasteiger partial charge in [0, 0.05) is 11.3 Å². The highest BCUT2D eigenvalue weighted by atomic mass is 16.4. The fraction of sp³-hybridized carbons (Fsp3) is 0.167. The summed E-state index contributed by atoms with van der Waals surface area (Å²) in [5, 5.41) is 17.4. The van der Waals surface area contributed by atoms with Gasteiger partial charge in [-0.25, -0.2) is 0 Å². The highest BCUT2D eigenvalue weighted by Gasteiger charge is 2.13. The van der Waals surface area contributed by atoms with Crippen LogP contribution >= 0.6 is 0 Å². The third-order valence-electron chi connectivity index (χ3n) is 2.05. The van der Waals surface area contributed by atoms with Gasteiger partial charge in [0.05, 0.1) is 0 Å².